The Morgan fingerprint density at radius 3 is 2.61 bits per heavy atom. The maximum Gasteiger partial charge on any atom is 0.338 e. The zero-order valence-corrected chi connectivity index (χ0v) is 14.1. The molecule has 0 saturated heterocycles. The van der Waals surface area contributed by atoms with E-state index in [1.54, 1.807) is 23.1 Å². The van der Waals surface area contributed by atoms with Crippen LogP contribution in [0.25, 0.3) is 0 Å². The summed E-state index contributed by atoms with van der Waals surface area (Å²) in [7, 11) is 0. The summed E-state index contributed by atoms with van der Waals surface area (Å²) in [6.45, 7) is 0. The lowest BCUT2D eigenvalue weighted by molar-refractivity contribution is 0.0696. The van der Waals surface area contributed by atoms with Crippen LogP contribution in [0.3, 0.4) is 0 Å². The van der Waals surface area contributed by atoms with E-state index in [-0.39, 0.29) is 17.5 Å². The van der Waals surface area contributed by atoms with Crippen LogP contribution in [0.5, 0.6) is 0 Å². The zero-order valence-electron chi connectivity index (χ0n) is 12.5. The molecule has 1 spiro atoms. The van der Waals surface area contributed by atoms with E-state index < -0.39 is 11.6 Å². The van der Waals surface area contributed by atoms with Gasteiger partial charge in [-0.05, 0) is 53.7 Å². The fourth-order valence-electron chi connectivity index (χ4n) is 3.38. The third kappa shape index (κ3) is 2.67. The van der Waals surface area contributed by atoms with Crippen LogP contribution in [0.4, 0.5) is 5.69 Å². The summed E-state index contributed by atoms with van der Waals surface area (Å²) in [5, 5.41) is 9.60. The maximum absolute atomic E-state index is 11.7. The number of carbonyl (C=O) groups is 1. The number of carboxylic acids is 1. The quantitative estimate of drug-likeness (QED) is 0.728. The molecule has 0 atom stereocenters. The summed E-state index contributed by atoms with van der Waals surface area (Å²) in [6, 6.07) is 5.19. The second-order valence-electron chi connectivity index (χ2n) is 5.76. The van der Waals surface area contributed by atoms with E-state index in [2.05, 4.69) is 25.9 Å². The molecule has 1 heterocycles. The van der Waals surface area contributed by atoms with Gasteiger partial charge in [-0.25, -0.2) is 9.79 Å². The lowest BCUT2D eigenvalue weighted by Crippen LogP contribution is -2.58. The molecule has 1 aromatic carbocycles. The van der Waals surface area contributed by atoms with Crippen LogP contribution < -0.4 is 16.4 Å². The minimum absolute atomic E-state index is 0.145. The Balaban J connectivity index is 2.19. The lowest BCUT2D eigenvalue weighted by Gasteiger charge is -2.46. The average Bonchev–Trinajstić information content (AvgIpc) is 2.46. The molecule has 0 unspecified atom stereocenters. The topological polar surface area (TPSA) is 117 Å². The average molecular weight is 380 g/mol. The van der Waals surface area contributed by atoms with Crippen LogP contribution in [-0.2, 0) is 0 Å². The highest BCUT2D eigenvalue weighted by Crippen LogP contribution is 2.41. The minimum atomic E-state index is -1.03. The number of anilines is 1. The van der Waals surface area contributed by atoms with Gasteiger partial charge in [0.05, 0.1) is 11.3 Å². The first-order chi connectivity index (χ1) is 10.9. The highest BCUT2D eigenvalue weighted by Gasteiger charge is 2.43. The van der Waals surface area contributed by atoms with E-state index in [9.17, 15) is 9.90 Å². The molecule has 1 aliphatic carbocycles. The van der Waals surface area contributed by atoms with Gasteiger partial charge in [-0.15, -0.1) is 0 Å². The molecule has 2 aliphatic rings. The van der Waals surface area contributed by atoms with Crippen LogP contribution in [0.15, 0.2) is 32.7 Å². The SMILES string of the molecule is NC1=NC2(CCCCC2)N(c2cccc(Br)c2C(=O)O)C(N)=N1. The first-order valence-corrected chi connectivity index (χ1v) is 8.25. The second-order valence-corrected chi connectivity index (χ2v) is 6.61. The molecule has 1 aliphatic heterocycles. The van der Waals surface area contributed by atoms with Crippen molar-refractivity contribution in [2.75, 3.05) is 4.90 Å². The number of halogens is 1. The number of rotatable bonds is 2. The molecular weight excluding hydrogens is 362 g/mol. The lowest BCUT2D eigenvalue weighted by atomic mass is 9.87. The van der Waals surface area contributed by atoms with Crippen molar-refractivity contribution in [3.8, 4) is 0 Å². The Morgan fingerprint density at radius 2 is 1.96 bits per heavy atom. The first kappa shape index (κ1) is 15.8. The summed E-state index contributed by atoms with van der Waals surface area (Å²) >= 11 is 3.31. The van der Waals surface area contributed by atoms with Crippen molar-refractivity contribution < 1.29 is 9.90 Å². The van der Waals surface area contributed by atoms with Gasteiger partial charge in [0.15, 0.2) is 0 Å². The van der Waals surface area contributed by atoms with Crippen LogP contribution >= 0.6 is 15.9 Å². The van der Waals surface area contributed by atoms with Crippen LogP contribution in [0, 0.1) is 0 Å². The van der Waals surface area contributed by atoms with E-state index in [1.165, 1.54) is 0 Å². The number of aliphatic imine (C=N–C) groups is 2. The van der Waals surface area contributed by atoms with Gasteiger partial charge in [-0.1, -0.05) is 12.5 Å². The normalized spacial score (nSPS) is 20.1. The first-order valence-electron chi connectivity index (χ1n) is 7.46. The molecule has 5 N–H and O–H groups in total. The Hall–Kier alpha value is -2.09. The predicted molar refractivity (Wildman–Crippen MR) is 92.6 cm³/mol. The highest BCUT2D eigenvalue weighted by molar-refractivity contribution is 9.10. The molecule has 1 saturated carbocycles. The summed E-state index contributed by atoms with van der Waals surface area (Å²) in [4.78, 5) is 22.1. The van der Waals surface area contributed by atoms with Gasteiger partial charge in [0.2, 0.25) is 11.9 Å². The minimum Gasteiger partial charge on any atom is -0.478 e. The number of guanidine groups is 2. The molecule has 0 aromatic heterocycles. The fraction of sp³-hybridized carbons (Fsp3) is 0.400. The zero-order chi connectivity index (χ0) is 16.6. The van der Waals surface area contributed by atoms with E-state index in [4.69, 9.17) is 11.5 Å². The van der Waals surface area contributed by atoms with Gasteiger partial charge in [-0.3, -0.25) is 4.90 Å². The van der Waals surface area contributed by atoms with E-state index in [0.29, 0.717) is 10.2 Å². The van der Waals surface area contributed by atoms with Crippen molar-refractivity contribution in [1.29, 1.82) is 0 Å². The number of carboxylic acid groups (broad SMARTS) is 1. The Labute approximate surface area is 142 Å². The van der Waals surface area contributed by atoms with Gasteiger partial charge in [0.25, 0.3) is 0 Å². The standard InChI is InChI=1S/C15H18BrN5O2/c16-9-5-4-6-10(11(9)12(22)23)21-14(18)19-13(17)20-15(21)7-2-1-3-8-15/h4-6H,1-3,7-8H2,(H,22,23)(H4,17,18,19,20). The highest BCUT2D eigenvalue weighted by atomic mass is 79.9. The van der Waals surface area contributed by atoms with Gasteiger partial charge < -0.3 is 16.6 Å². The number of nitrogens with two attached hydrogens (primary N) is 2. The Morgan fingerprint density at radius 1 is 1.26 bits per heavy atom. The summed E-state index contributed by atoms with van der Waals surface area (Å²) < 4.78 is 0.490. The smallest absolute Gasteiger partial charge is 0.338 e. The molecule has 122 valence electrons. The summed E-state index contributed by atoms with van der Waals surface area (Å²) in [6.07, 6.45) is 4.60. The second kappa shape index (κ2) is 5.84. The molecule has 23 heavy (non-hydrogen) atoms. The van der Waals surface area contributed by atoms with Gasteiger partial charge >= 0.3 is 5.97 Å². The summed E-state index contributed by atoms with van der Waals surface area (Å²) in [5.74, 6) is -0.707. The van der Waals surface area contributed by atoms with Crippen molar-refractivity contribution in [3.63, 3.8) is 0 Å². The predicted octanol–water partition coefficient (Wildman–Crippen LogP) is 2.26. The molecule has 1 fully saturated rings. The number of hydrogen-bond acceptors (Lipinski definition) is 6. The molecule has 8 heteroatoms. The molecule has 0 bridgehead atoms. The molecule has 7 nitrogen and oxygen atoms in total. The number of nitrogens with zero attached hydrogens (tertiary/aromatic N) is 3. The van der Waals surface area contributed by atoms with Gasteiger partial charge in [0.1, 0.15) is 5.66 Å². The van der Waals surface area contributed by atoms with Crippen LogP contribution in [0.1, 0.15) is 42.5 Å². The molecule has 1 aromatic rings. The van der Waals surface area contributed by atoms with E-state index in [0.717, 1.165) is 32.1 Å². The molecule has 0 radical (unpaired) electrons. The molecular formula is C15H18BrN5O2. The van der Waals surface area contributed by atoms with Crippen molar-refractivity contribution in [2.24, 2.45) is 21.5 Å². The third-order valence-electron chi connectivity index (χ3n) is 4.30. The van der Waals surface area contributed by atoms with Gasteiger partial charge in [0, 0.05) is 4.47 Å². The van der Waals surface area contributed by atoms with E-state index in [1.807, 2.05) is 0 Å². The number of hydrogen-bond donors (Lipinski definition) is 3. The number of benzene rings is 1. The van der Waals surface area contributed by atoms with Crippen molar-refractivity contribution in [1.82, 2.24) is 0 Å². The Bertz CT molecular complexity index is 710. The molecule has 0 amide bonds. The number of aromatic carboxylic acids is 1. The monoisotopic (exact) mass is 379 g/mol. The van der Waals surface area contributed by atoms with Crippen molar-refractivity contribution in [3.05, 3.63) is 28.2 Å². The summed E-state index contributed by atoms with van der Waals surface area (Å²) in [5.41, 5.74) is 11.9. The van der Waals surface area contributed by atoms with Gasteiger partial charge in [-0.2, -0.15) is 4.99 Å². The maximum atomic E-state index is 11.7. The fourth-order valence-corrected chi connectivity index (χ4v) is 3.91. The third-order valence-corrected chi connectivity index (χ3v) is 4.96. The van der Waals surface area contributed by atoms with Crippen molar-refractivity contribution >= 4 is 39.5 Å². The van der Waals surface area contributed by atoms with Crippen molar-refractivity contribution in [2.45, 2.75) is 37.8 Å². The van der Waals surface area contributed by atoms with Crippen LogP contribution in [-0.4, -0.2) is 28.7 Å². The Kier molecular flexibility index (Phi) is 4.01. The molecule has 3 rings (SSSR count). The van der Waals surface area contributed by atoms with E-state index >= 15 is 0 Å². The largest absolute Gasteiger partial charge is 0.478 e. The van der Waals surface area contributed by atoms with Crippen LogP contribution in [0.2, 0.25) is 0 Å².